The van der Waals surface area contributed by atoms with Crippen LogP contribution in [0.3, 0.4) is 0 Å². The van der Waals surface area contributed by atoms with Crippen molar-refractivity contribution in [1.82, 2.24) is 5.43 Å². The Kier molecular flexibility index (Phi) is 6.80. The van der Waals surface area contributed by atoms with Crippen LogP contribution in [0.25, 0.3) is 10.8 Å². The minimum absolute atomic E-state index is 0.234. The number of carbonyl (C=O) groups is 1. The van der Waals surface area contributed by atoms with Gasteiger partial charge in [0.05, 0.1) is 18.9 Å². The maximum atomic E-state index is 11.3. The summed E-state index contributed by atoms with van der Waals surface area (Å²) >= 11 is 0. The van der Waals surface area contributed by atoms with Gasteiger partial charge in [-0.1, -0.05) is 42.5 Å². The molecule has 0 atom stereocenters. The lowest BCUT2D eigenvalue weighted by molar-refractivity contribution is -0.120. The molecule has 0 spiro atoms. The lowest BCUT2D eigenvalue weighted by Crippen LogP contribution is -2.16. The largest absolute Gasteiger partial charge is 0.490 e. The zero-order valence-electron chi connectivity index (χ0n) is 16.1. The minimum Gasteiger partial charge on any atom is -0.490 e. The molecule has 1 N–H and O–H groups in total. The predicted molar refractivity (Wildman–Crippen MR) is 112 cm³/mol. The first-order valence-electron chi connectivity index (χ1n) is 9.26. The highest BCUT2D eigenvalue weighted by molar-refractivity contribution is 5.86. The molecule has 3 aromatic rings. The van der Waals surface area contributed by atoms with Crippen molar-refractivity contribution in [2.24, 2.45) is 5.10 Å². The monoisotopic (exact) mass is 387 g/mol. The molecule has 0 saturated carbocycles. The molecule has 0 aromatic heterocycles. The van der Waals surface area contributed by atoms with Gasteiger partial charge in [-0.25, -0.2) is 5.43 Å². The average molecular weight is 387 g/mol. The Labute approximate surface area is 169 Å². The third kappa shape index (κ3) is 5.33. The van der Waals surface area contributed by atoms with E-state index in [-0.39, 0.29) is 6.42 Å². The topological polar surface area (TPSA) is 83.7 Å². The number of nitriles is 1. The smallest absolute Gasteiger partial charge is 0.254 e. The van der Waals surface area contributed by atoms with Gasteiger partial charge < -0.3 is 9.47 Å². The van der Waals surface area contributed by atoms with Gasteiger partial charge in [0, 0.05) is 0 Å². The summed E-state index contributed by atoms with van der Waals surface area (Å²) in [6, 6.07) is 21.5. The fraction of sp³-hybridized carbons (Fsp3) is 0.174. The van der Waals surface area contributed by atoms with Crippen LogP contribution in [-0.2, 0) is 11.4 Å². The Hall–Kier alpha value is -3.85. The molecule has 29 heavy (non-hydrogen) atoms. The van der Waals surface area contributed by atoms with E-state index >= 15 is 0 Å². The van der Waals surface area contributed by atoms with Crippen LogP contribution in [0.5, 0.6) is 11.5 Å². The van der Waals surface area contributed by atoms with Crippen LogP contribution >= 0.6 is 0 Å². The highest BCUT2D eigenvalue weighted by Crippen LogP contribution is 2.29. The van der Waals surface area contributed by atoms with Gasteiger partial charge in [0.1, 0.15) is 13.0 Å². The lowest BCUT2D eigenvalue weighted by atomic mass is 10.1. The molecule has 6 nitrogen and oxygen atoms in total. The highest BCUT2D eigenvalue weighted by atomic mass is 16.5. The Balaban J connectivity index is 1.74. The number of rotatable bonds is 8. The van der Waals surface area contributed by atoms with Crippen molar-refractivity contribution in [3.8, 4) is 17.6 Å². The van der Waals surface area contributed by atoms with E-state index in [4.69, 9.17) is 14.7 Å². The van der Waals surface area contributed by atoms with E-state index in [0.29, 0.717) is 24.7 Å². The summed E-state index contributed by atoms with van der Waals surface area (Å²) < 4.78 is 11.7. The first-order valence-corrected chi connectivity index (χ1v) is 9.26. The summed E-state index contributed by atoms with van der Waals surface area (Å²) in [5, 5.41) is 14.7. The van der Waals surface area contributed by atoms with E-state index < -0.39 is 5.91 Å². The number of hydrazone groups is 1. The molecular weight excluding hydrogens is 366 g/mol. The Morgan fingerprint density at radius 1 is 1.10 bits per heavy atom. The van der Waals surface area contributed by atoms with Gasteiger partial charge in [-0.05, 0) is 47.0 Å². The summed E-state index contributed by atoms with van der Waals surface area (Å²) in [6.45, 7) is 2.81. The summed E-state index contributed by atoms with van der Waals surface area (Å²) in [7, 11) is 0. The second-order valence-corrected chi connectivity index (χ2v) is 6.19. The van der Waals surface area contributed by atoms with Gasteiger partial charge in [0.2, 0.25) is 0 Å². The number of hydrogen-bond donors (Lipinski definition) is 1. The number of benzene rings is 3. The molecule has 1 amide bonds. The van der Waals surface area contributed by atoms with Crippen molar-refractivity contribution in [3.05, 3.63) is 71.8 Å². The molecule has 0 heterocycles. The molecule has 0 saturated heterocycles. The minimum atomic E-state index is -0.455. The van der Waals surface area contributed by atoms with Crippen LogP contribution in [0.2, 0.25) is 0 Å². The molecule has 0 fully saturated rings. The van der Waals surface area contributed by atoms with Crippen LogP contribution in [-0.4, -0.2) is 18.7 Å². The molecular formula is C23H21N3O3. The Morgan fingerprint density at radius 2 is 1.93 bits per heavy atom. The maximum Gasteiger partial charge on any atom is 0.254 e. The Morgan fingerprint density at radius 3 is 2.76 bits per heavy atom. The first kappa shape index (κ1) is 19.9. The maximum absolute atomic E-state index is 11.3. The van der Waals surface area contributed by atoms with Crippen molar-refractivity contribution in [1.29, 1.82) is 5.26 Å². The van der Waals surface area contributed by atoms with E-state index in [1.54, 1.807) is 12.1 Å². The molecule has 3 rings (SSSR count). The molecule has 3 aromatic carbocycles. The molecule has 0 radical (unpaired) electrons. The van der Waals surface area contributed by atoms with Gasteiger partial charge in [0.15, 0.2) is 11.5 Å². The lowest BCUT2D eigenvalue weighted by Gasteiger charge is -2.13. The molecule has 0 aliphatic carbocycles. The third-order valence-electron chi connectivity index (χ3n) is 4.17. The number of amides is 1. The molecule has 0 aliphatic heterocycles. The predicted octanol–water partition coefficient (Wildman–Crippen LogP) is 4.18. The zero-order valence-corrected chi connectivity index (χ0v) is 16.1. The van der Waals surface area contributed by atoms with Crippen molar-refractivity contribution < 1.29 is 14.3 Å². The van der Waals surface area contributed by atoms with Crippen molar-refractivity contribution in [3.63, 3.8) is 0 Å². The van der Waals surface area contributed by atoms with Crippen LogP contribution < -0.4 is 14.9 Å². The second kappa shape index (κ2) is 9.90. The fourth-order valence-corrected chi connectivity index (χ4v) is 2.86. The van der Waals surface area contributed by atoms with Gasteiger partial charge in [-0.15, -0.1) is 0 Å². The molecule has 0 aliphatic rings. The number of hydrogen-bond acceptors (Lipinski definition) is 5. The van der Waals surface area contributed by atoms with Crippen LogP contribution in [0.15, 0.2) is 65.8 Å². The number of nitrogens with zero attached hydrogens (tertiary/aromatic N) is 2. The van der Waals surface area contributed by atoms with E-state index in [0.717, 1.165) is 16.5 Å². The van der Waals surface area contributed by atoms with Crippen molar-refractivity contribution in [2.45, 2.75) is 20.0 Å². The number of nitrogens with one attached hydrogen (secondary N) is 1. The number of fused-ring (bicyclic) bond motifs is 1. The first-order chi connectivity index (χ1) is 14.2. The second-order valence-electron chi connectivity index (χ2n) is 6.19. The molecule has 0 bridgehead atoms. The summed E-state index contributed by atoms with van der Waals surface area (Å²) in [5.74, 6) is 0.773. The van der Waals surface area contributed by atoms with Crippen molar-refractivity contribution >= 4 is 22.9 Å². The van der Waals surface area contributed by atoms with Crippen LogP contribution in [0, 0.1) is 11.3 Å². The van der Waals surface area contributed by atoms with E-state index in [1.807, 2.05) is 43.3 Å². The summed E-state index contributed by atoms with van der Waals surface area (Å²) in [4.78, 5) is 11.3. The fourth-order valence-electron chi connectivity index (χ4n) is 2.86. The van der Waals surface area contributed by atoms with Gasteiger partial charge in [0.25, 0.3) is 5.91 Å². The number of carbonyl (C=O) groups excluding carboxylic acids is 1. The van der Waals surface area contributed by atoms with Crippen molar-refractivity contribution in [2.75, 3.05) is 6.61 Å². The van der Waals surface area contributed by atoms with Crippen LogP contribution in [0.4, 0.5) is 0 Å². The van der Waals surface area contributed by atoms with E-state index in [2.05, 4.69) is 28.7 Å². The molecule has 0 unspecified atom stereocenters. The zero-order chi connectivity index (χ0) is 20.5. The third-order valence-corrected chi connectivity index (χ3v) is 4.17. The van der Waals surface area contributed by atoms with E-state index in [1.165, 1.54) is 11.6 Å². The SMILES string of the molecule is CCOc1cc(/C=N/NC(=O)CC#N)ccc1OCc1cccc2ccccc12. The normalized spacial score (nSPS) is 10.6. The number of ether oxygens (including phenoxy) is 2. The average Bonchev–Trinajstić information content (AvgIpc) is 2.73. The molecule has 146 valence electrons. The standard InChI is InChI=1S/C23H21N3O3/c1-2-28-22-14-17(15-25-26-23(27)12-13-24)10-11-21(22)29-16-19-8-5-7-18-6-3-4-9-20(18)19/h3-11,14-15H,2,12,16H2,1H3,(H,26,27)/b25-15+. The quantitative estimate of drug-likeness (QED) is 0.464. The summed E-state index contributed by atoms with van der Waals surface area (Å²) in [5.41, 5.74) is 4.13. The van der Waals surface area contributed by atoms with Gasteiger partial charge >= 0.3 is 0 Å². The Bertz CT molecular complexity index is 1070. The summed E-state index contributed by atoms with van der Waals surface area (Å²) in [6.07, 6.45) is 1.26. The van der Waals surface area contributed by atoms with Crippen LogP contribution in [0.1, 0.15) is 24.5 Å². The van der Waals surface area contributed by atoms with Gasteiger partial charge in [-0.2, -0.15) is 10.4 Å². The van der Waals surface area contributed by atoms with Gasteiger partial charge in [-0.3, -0.25) is 4.79 Å². The molecule has 6 heteroatoms. The highest BCUT2D eigenvalue weighted by Gasteiger charge is 2.08. The van der Waals surface area contributed by atoms with E-state index in [9.17, 15) is 4.79 Å².